The third-order valence-electron chi connectivity index (χ3n) is 2.43. The molecule has 19 heavy (non-hydrogen) atoms. The number of amides is 2. The minimum Gasteiger partial charge on any atom is -0.326 e. The van der Waals surface area contributed by atoms with Crippen LogP contribution in [0.15, 0.2) is 29.8 Å². The van der Waals surface area contributed by atoms with Crippen LogP contribution in [0.25, 0.3) is 0 Å². The number of thiazole rings is 1. The molecule has 0 spiro atoms. The number of carbonyl (C=O) groups is 2. The van der Waals surface area contributed by atoms with E-state index in [1.807, 2.05) is 13.0 Å². The zero-order chi connectivity index (χ0) is 13.8. The van der Waals surface area contributed by atoms with Crippen LogP contribution in [0.4, 0.5) is 11.4 Å². The van der Waals surface area contributed by atoms with Crippen LogP contribution in [0.1, 0.15) is 22.3 Å². The summed E-state index contributed by atoms with van der Waals surface area (Å²) in [5.74, 6) is -0.404. The summed E-state index contributed by atoms with van der Waals surface area (Å²) in [6, 6.07) is 5.35. The number of rotatable bonds is 3. The fourth-order valence-corrected chi connectivity index (χ4v) is 2.08. The van der Waals surface area contributed by atoms with Crippen molar-refractivity contribution in [1.29, 1.82) is 0 Å². The number of aryl methyl sites for hydroxylation is 1. The quantitative estimate of drug-likeness (QED) is 0.904. The van der Waals surface area contributed by atoms with E-state index < -0.39 is 0 Å². The molecule has 0 saturated carbocycles. The largest absolute Gasteiger partial charge is 0.326 e. The zero-order valence-corrected chi connectivity index (χ0v) is 11.4. The van der Waals surface area contributed by atoms with Gasteiger partial charge in [0.2, 0.25) is 5.91 Å². The van der Waals surface area contributed by atoms with Crippen LogP contribution in [-0.2, 0) is 4.79 Å². The van der Waals surface area contributed by atoms with Gasteiger partial charge in [-0.25, -0.2) is 4.98 Å². The summed E-state index contributed by atoms with van der Waals surface area (Å²) >= 11 is 1.28. The Balaban J connectivity index is 2.19. The number of hydrogen-bond acceptors (Lipinski definition) is 4. The summed E-state index contributed by atoms with van der Waals surface area (Å²) in [5.41, 5.74) is 2.22. The fraction of sp³-hybridized carbons (Fsp3) is 0.154. The highest BCUT2D eigenvalue weighted by Crippen LogP contribution is 2.21. The smallest absolute Gasteiger partial charge is 0.284 e. The van der Waals surface area contributed by atoms with Crippen molar-refractivity contribution in [2.24, 2.45) is 0 Å². The molecule has 0 aliphatic carbocycles. The van der Waals surface area contributed by atoms with Crippen molar-refractivity contribution in [2.45, 2.75) is 13.8 Å². The summed E-state index contributed by atoms with van der Waals surface area (Å²) in [6.45, 7) is 3.32. The molecule has 2 rings (SSSR count). The predicted molar refractivity (Wildman–Crippen MR) is 75.5 cm³/mol. The lowest BCUT2D eigenvalue weighted by molar-refractivity contribution is -0.114. The van der Waals surface area contributed by atoms with Gasteiger partial charge in [-0.2, -0.15) is 0 Å². The van der Waals surface area contributed by atoms with Gasteiger partial charge in [0, 0.05) is 29.9 Å². The molecule has 6 heteroatoms. The number of nitrogens with zero attached hydrogens (tertiary/aromatic N) is 1. The average molecular weight is 275 g/mol. The number of aromatic nitrogens is 1. The Kier molecular flexibility index (Phi) is 3.91. The summed E-state index contributed by atoms with van der Waals surface area (Å²) in [7, 11) is 0. The van der Waals surface area contributed by atoms with Crippen molar-refractivity contribution in [3.05, 3.63) is 40.3 Å². The van der Waals surface area contributed by atoms with Crippen LogP contribution in [0.3, 0.4) is 0 Å². The third kappa shape index (κ3) is 3.38. The van der Waals surface area contributed by atoms with E-state index in [0.717, 1.165) is 5.56 Å². The lowest BCUT2D eigenvalue weighted by Gasteiger charge is -2.10. The van der Waals surface area contributed by atoms with E-state index in [-0.39, 0.29) is 11.8 Å². The Bertz CT molecular complexity index is 608. The maximum atomic E-state index is 11.9. The number of carbonyl (C=O) groups excluding carboxylic acids is 2. The highest BCUT2D eigenvalue weighted by atomic mass is 32.1. The first-order chi connectivity index (χ1) is 9.06. The highest BCUT2D eigenvalue weighted by molar-refractivity contribution is 7.11. The Labute approximate surface area is 114 Å². The first-order valence-electron chi connectivity index (χ1n) is 5.65. The van der Waals surface area contributed by atoms with E-state index in [9.17, 15) is 9.59 Å². The maximum absolute atomic E-state index is 11.9. The number of benzene rings is 1. The van der Waals surface area contributed by atoms with Crippen molar-refractivity contribution in [3.63, 3.8) is 0 Å². The minimum atomic E-state index is -0.252. The molecule has 0 radical (unpaired) electrons. The van der Waals surface area contributed by atoms with Gasteiger partial charge in [-0.05, 0) is 24.6 Å². The van der Waals surface area contributed by atoms with Gasteiger partial charge in [-0.15, -0.1) is 11.3 Å². The molecule has 1 aromatic carbocycles. The molecule has 2 amide bonds. The van der Waals surface area contributed by atoms with Crippen molar-refractivity contribution < 1.29 is 9.59 Å². The molecule has 0 atom stereocenters. The van der Waals surface area contributed by atoms with Crippen LogP contribution >= 0.6 is 11.3 Å². The van der Waals surface area contributed by atoms with Crippen molar-refractivity contribution >= 4 is 34.5 Å². The Hall–Kier alpha value is -2.21. The molecule has 0 unspecified atom stereocenters. The summed E-state index contributed by atoms with van der Waals surface area (Å²) in [5, 5.41) is 7.61. The SMILES string of the molecule is CC(=O)Nc1ccc(C)c(NC(=O)c2nccs2)c1. The molecule has 0 saturated heterocycles. The standard InChI is InChI=1S/C13H13N3O2S/c1-8-3-4-10(15-9(2)17)7-11(8)16-12(18)13-14-5-6-19-13/h3-7H,1-2H3,(H,15,17)(H,16,18). The second kappa shape index (κ2) is 5.62. The molecule has 0 bridgehead atoms. The average Bonchev–Trinajstić information content (AvgIpc) is 2.86. The first-order valence-corrected chi connectivity index (χ1v) is 6.53. The number of hydrogen-bond donors (Lipinski definition) is 2. The molecular weight excluding hydrogens is 262 g/mol. The van der Waals surface area contributed by atoms with E-state index in [1.54, 1.807) is 23.7 Å². The van der Waals surface area contributed by atoms with E-state index >= 15 is 0 Å². The monoisotopic (exact) mass is 275 g/mol. The summed E-state index contributed by atoms with van der Waals surface area (Å²) in [4.78, 5) is 26.9. The normalized spacial score (nSPS) is 10.0. The van der Waals surface area contributed by atoms with E-state index in [4.69, 9.17) is 0 Å². The highest BCUT2D eigenvalue weighted by Gasteiger charge is 2.10. The van der Waals surface area contributed by atoms with Gasteiger partial charge in [0.15, 0.2) is 5.01 Å². The molecule has 0 aliphatic heterocycles. The van der Waals surface area contributed by atoms with Gasteiger partial charge in [-0.3, -0.25) is 9.59 Å². The van der Waals surface area contributed by atoms with Crippen LogP contribution < -0.4 is 10.6 Å². The van der Waals surface area contributed by atoms with Crippen molar-refractivity contribution in [1.82, 2.24) is 4.98 Å². The van der Waals surface area contributed by atoms with Crippen LogP contribution in [0.2, 0.25) is 0 Å². The molecule has 1 heterocycles. The van der Waals surface area contributed by atoms with E-state index in [2.05, 4.69) is 15.6 Å². The molecule has 5 nitrogen and oxygen atoms in total. The maximum Gasteiger partial charge on any atom is 0.284 e. The Morgan fingerprint density at radius 1 is 1.26 bits per heavy atom. The number of nitrogens with one attached hydrogen (secondary N) is 2. The lowest BCUT2D eigenvalue weighted by Crippen LogP contribution is -2.13. The molecular formula is C13H13N3O2S. The third-order valence-corrected chi connectivity index (χ3v) is 3.20. The summed E-state index contributed by atoms with van der Waals surface area (Å²) < 4.78 is 0. The molecule has 2 N–H and O–H groups in total. The molecule has 0 fully saturated rings. The van der Waals surface area contributed by atoms with Crippen LogP contribution in [0, 0.1) is 6.92 Å². The van der Waals surface area contributed by atoms with Crippen molar-refractivity contribution in [2.75, 3.05) is 10.6 Å². The van der Waals surface area contributed by atoms with Crippen molar-refractivity contribution in [3.8, 4) is 0 Å². The van der Waals surface area contributed by atoms with Gasteiger partial charge in [0.05, 0.1) is 0 Å². The fourth-order valence-electron chi connectivity index (χ4n) is 1.55. The zero-order valence-electron chi connectivity index (χ0n) is 10.6. The topological polar surface area (TPSA) is 71.1 Å². The predicted octanol–water partition coefficient (Wildman–Crippen LogP) is 2.66. The van der Waals surface area contributed by atoms with Gasteiger partial charge in [0.1, 0.15) is 0 Å². The molecule has 1 aromatic heterocycles. The number of anilines is 2. The molecule has 98 valence electrons. The Morgan fingerprint density at radius 2 is 2.05 bits per heavy atom. The van der Waals surface area contributed by atoms with Gasteiger partial charge in [0.25, 0.3) is 5.91 Å². The second-order valence-electron chi connectivity index (χ2n) is 4.00. The van der Waals surface area contributed by atoms with E-state index in [1.165, 1.54) is 18.3 Å². The van der Waals surface area contributed by atoms with Crippen LogP contribution in [-0.4, -0.2) is 16.8 Å². The second-order valence-corrected chi connectivity index (χ2v) is 4.90. The Morgan fingerprint density at radius 3 is 2.68 bits per heavy atom. The van der Waals surface area contributed by atoms with Gasteiger partial charge < -0.3 is 10.6 Å². The van der Waals surface area contributed by atoms with Gasteiger partial charge in [-0.1, -0.05) is 6.07 Å². The minimum absolute atomic E-state index is 0.152. The summed E-state index contributed by atoms with van der Waals surface area (Å²) in [6.07, 6.45) is 1.58. The molecule has 2 aromatic rings. The first kappa shape index (κ1) is 13.2. The lowest BCUT2D eigenvalue weighted by atomic mass is 10.1. The van der Waals surface area contributed by atoms with Crippen LogP contribution in [0.5, 0.6) is 0 Å². The van der Waals surface area contributed by atoms with E-state index in [0.29, 0.717) is 16.4 Å². The molecule has 0 aliphatic rings. The van der Waals surface area contributed by atoms with Gasteiger partial charge >= 0.3 is 0 Å².